The van der Waals surface area contributed by atoms with Gasteiger partial charge in [0, 0.05) is 13.0 Å². The monoisotopic (exact) mass is 189 g/mol. The summed E-state index contributed by atoms with van der Waals surface area (Å²) in [5.74, 6) is 0.266. The molecule has 0 aromatic heterocycles. The van der Waals surface area contributed by atoms with Crippen LogP contribution < -0.4 is 5.73 Å². The van der Waals surface area contributed by atoms with Gasteiger partial charge in [-0.15, -0.1) is 0 Å². The fraction of sp³-hybridized carbons (Fsp3) is 1.00. The second kappa shape index (κ2) is 4.94. The van der Waals surface area contributed by atoms with Gasteiger partial charge in [0.05, 0.1) is 11.7 Å². The molecular weight excluding hydrogens is 166 g/mol. The molecule has 13 heavy (non-hydrogen) atoms. The Morgan fingerprint density at radius 3 is 1.77 bits per heavy atom. The molecule has 0 aliphatic rings. The van der Waals surface area contributed by atoms with E-state index in [9.17, 15) is 10.2 Å². The van der Waals surface area contributed by atoms with Crippen LogP contribution in [-0.4, -0.2) is 28.5 Å². The van der Waals surface area contributed by atoms with Crippen LogP contribution in [0.25, 0.3) is 0 Å². The summed E-state index contributed by atoms with van der Waals surface area (Å²) < 4.78 is 0. The molecule has 3 heteroatoms. The highest BCUT2D eigenvalue weighted by Crippen LogP contribution is 2.30. The fourth-order valence-corrected chi connectivity index (χ4v) is 1.60. The van der Waals surface area contributed by atoms with E-state index in [1.807, 2.05) is 27.7 Å². The van der Waals surface area contributed by atoms with Gasteiger partial charge < -0.3 is 15.9 Å². The zero-order chi connectivity index (χ0) is 10.6. The summed E-state index contributed by atoms with van der Waals surface area (Å²) >= 11 is 0. The lowest BCUT2D eigenvalue weighted by Crippen LogP contribution is -2.45. The molecule has 0 fully saturated rings. The lowest BCUT2D eigenvalue weighted by atomic mass is 9.76. The number of aliphatic hydroxyl groups excluding tert-OH is 1. The van der Waals surface area contributed by atoms with Gasteiger partial charge in [0.25, 0.3) is 0 Å². The van der Waals surface area contributed by atoms with Crippen LogP contribution in [0.5, 0.6) is 0 Å². The van der Waals surface area contributed by atoms with E-state index >= 15 is 0 Å². The molecule has 0 aliphatic heterocycles. The first-order valence-corrected chi connectivity index (χ1v) is 4.95. The minimum Gasteiger partial charge on any atom is -0.392 e. The van der Waals surface area contributed by atoms with Crippen molar-refractivity contribution >= 4 is 0 Å². The SMILES string of the molecule is CC(C)C(O)(C[C@H](O)CN)C(C)C. The Morgan fingerprint density at radius 2 is 1.54 bits per heavy atom. The molecule has 0 unspecified atom stereocenters. The second-order valence-electron chi connectivity index (χ2n) is 4.39. The Bertz CT molecular complexity index is 138. The molecule has 0 rings (SSSR count). The van der Waals surface area contributed by atoms with E-state index in [2.05, 4.69) is 0 Å². The third-order valence-corrected chi connectivity index (χ3v) is 2.83. The maximum Gasteiger partial charge on any atom is 0.0718 e. The van der Waals surface area contributed by atoms with Crippen LogP contribution in [0.2, 0.25) is 0 Å². The Kier molecular flexibility index (Phi) is 4.89. The molecule has 0 amide bonds. The molecule has 1 atom stereocenters. The third-order valence-electron chi connectivity index (χ3n) is 2.83. The van der Waals surface area contributed by atoms with E-state index in [1.165, 1.54) is 0 Å². The molecule has 0 saturated heterocycles. The smallest absolute Gasteiger partial charge is 0.0718 e. The quantitative estimate of drug-likeness (QED) is 0.597. The standard InChI is InChI=1S/C10H23NO2/c1-7(2)10(13,8(3)4)5-9(12)6-11/h7-9,12-13H,5-6,11H2,1-4H3/t9-/m0/s1. The van der Waals surface area contributed by atoms with Gasteiger partial charge in [0.2, 0.25) is 0 Å². The van der Waals surface area contributed by atoms with Gasteiger partial charge in [-0.3, -0.25) is 0 Å². The highest BCUT2D eigenvalue weighted by Gasteiger charge is 2.36. The van der Waals surface area contributed by atoms with Gasteiger partial charge in [-0.25, -0.2) is 0 Å². The van der Waals surface area contributed by atoms with Crippen LogP contribution in [0, 0.1) is 11.8 Å². The topological polar surface area (TPSA) is 66.5 Å². The van der Waals surface area contributed by atoms with Gasteiger partial charge in [-0.2, -0.15) is 0 Å². The minimum atomic E-state index is -0.807. The van der Waals surface area contributed by atoms with Gasteiger partial charge in [-0.05, 0) is 11.8 Å². The molecule has 0 bridgehead atoms. The first-order chi connectivity index (χ1) is 5.84. The lowest BCUT2D eigenvalue weighted by Gasteiger charge is -2.37. The van der Waals surface area contributed by atoms with E-state index in [-0.39, 0.29) is 18.4 Å². The van der Waals surface area contributed by atoms with Crippen LogP contribution in [0.15, 0.2) is 0 Å². The molecule has 0 aliphatic carbocycles. The van der Waals surface area contributed by atoms with Crippen LogP contribution >= 0.6 is 0 Å². The van der Waals surface area contributed by atoms with Crippen LogP contribution in [0.3, 0.4) is 0 Å². The molecule has 0 radical (unpaired) electrons. The summed E-state index contributed by atoms with van der Waals surface area (Å²) in [6, 6.07) is 0. The number of rotatable bonds is 5. The van der Waals surface area contributed by atoms with Crippen molar-refractivity contribution in [3.8, 4) is 0 Å². The highest BCUT2D eigenvalue weighted by molar-refractivity contribution is 4.87. The van der Waals surface area contributed by atoms with E-state index in [4.69, 9.17) is 5.73 Å². The summed E-state index contributed by atoms with van der Waals surface area (Å²) in [5.41, 5.74) is 4.51. The van der Waals surface area contributed by atoms with E-state index < -0.39 is 11.7 Å². The third kappa shape index (κ3) is 3.25. The van der Waals surface area contributed by atoms with Crippen LogP contribution in [0.1, 0.15) is 34.1 Å². The molecule has 80 valence electrons. The average molecular weight is 189 g/mol. The summed E-state index contributed by atoms with van der Waals surface area (Å²) in [7, 11) is 0. The van der Waals surface area contributed by atoms with Crippen molar-refractivity contribution in [2.24, 2.45) is 17.6 Å². The minimum absolute atomic E-state index is 0.133. The zero-order valence-electron chi connectivity index (χ0n) is 9.12. The summed E-state index contributed by atoms with van der Waals surface area (Å²) in [4.78, 5) is 0. The van der Waals surface area contributed by atoms with Gasteiger partial charge in [-0.1, -0.05) is 27.7 Å². The molecule has 3 nitrogen and oxygen atoms in total. The molecule has 0 aromatic carbocycles. The first kappa shape index (κ1) is 12.9. The molecule has 0 heterocycles. The largest absolute Gasteiger partial charge is 0.392 e. The summed E-state index contributed by atoms with van der Waals surface area (Å²) in [6.07, 6.45) is -0.242. The Labute approximate surface area is 81.0 Å². The predicted molar refractivity (Wildman–Crippen MR) is 54.3 cm³/mol. The van der Waals surface area contributed by atoms with Crippen LogP contribution in [0.4, 0.5) is 0 Å². The normalized spacial score (nSPS) is 15.5. The Morgan fingerprint density at radius 1 is 1.15 bits per heavy atom. The maximum atomic E-state index is 10.3. The summed E-state index contributed by atoms with van der Waals surface area (Å²) in [5, 5.41) is 19.7. The van der Waals surface area contributed by atoms with Gasteiger partial charge >= 0.3 is 0 Å². The lowest BCUT2D eigenvalue weighted by molar-refractivity contribution is -0.0785. The second-order valence-corrected chi connectivity index (χ2v) is 4.39. The molecule has 0 spiro atoms. The predicted octanol–water partition coefficient (Wildman–Crippen LogP) is 0.739. The highest BCUT2D eigenvalue weighted by atomic mass is 16.3. The van der Waals surface area contributed by atoms with Crippen molar-refractivity contribution < 1.29 is 10.2 Å². The van der Waals surface area contributed by atoms with Crippen molar-refractivity contribution in [3.05, 3.63) is 0 Å². The molecule has 0 saturated carbocycles. The van der Waals surface area contributed by atoms with Crippen molar-refractivity contribution in [3.63, 3.8) is 0 Å². The zero-order valence-corrected chi connectivity index (χ0v) is 9.12. The van der Waals surface area contributed by atoms with E-state index in [1.54, 1.807) is 0 Å². The van der Waals surface area contributed by atoms with Crippen molar-refractivity contribution in [1.29, 1.82) is 0 Å². The molecule has 4 N–H and O–H groups in total. The average Bonchev–Trinajstić information content (AvgIpc) is 2.03. The fourth-order valence-electron chi connectivity index (χ4n) is 1.60. The van der Waals surface area contributed by atoms with Crippen LogP contribution in [-0.2, 0) is 0 Å². The van der Waals surface area contributed by atoms with Crippen molar-refractivity contribution in [1.82, 2.24) is 0 Å². The van der Waals surface area contributed by atoms with Gasteiger partial charge in [0.15, 0.2) is 0 Å². The van der Waals surface area contributed by atoms with E-state index in [0.717, 1.165) is 0 Å². The van der Waals surface area contributed by atoms with Gasteiger partial charge in [0.1, 0.15) is 0 Å². The maximum absolute atomic E-state index is 10.3. The number of hydrogen-bond acceptors (Lipinski definition) is 3. The Balaban J connectivity index is 4.42. The summed E-state index contributed by atoms with van der Waals surface area (Å²) in [6.45, 7) is 8.06. The number of aliphatic hydroxyl groups is 2. The van der Waals surface area contributed by atoms with E-state index in [0.29, 0.717) is 6.42 Å². The Hall–Kier alpha value is -0.120. The number of nitrogens with two attached hydrogens (primary N) is 1. The first-order valence-electron chi connectivity index (χ1n) is 4.95. The number of hydrogen-bond donors (Lipinski definition) is 3. The van der Waals surface area contributed by atoms with Crippen molar-refractivity contribution in [2.45, 2.75) is 45.8 Å². The molecular formula is C10H23NO2. The van der Waals surface area contributed by atoms with Crippen molar-refractivity contribution in [2.75, 3.05) is 6.54 Å². The molecule has 0 aromatic rings.